The Balaban J connectivity index is 4.95. The molecule has 4 N–H and O–H groups in total. The number of aliphatic carboxylic acids is 2. The SMILES string of the molecule is CCC(O)(SC(O)(CC)C(=O)O)C(=O)O. The maximum Gasteiger partial charge on any atom is 0.346 e. The first kappa shape index (κ1) is 14.2. The molecule has 2 unspecified atom stereocenters. The number of aliphatic hydroxyl groups is 2. The third-order valence-electron chi connectivity index (χ3n) is 1.96. The predicted molar refractivity (Wildman–Crippen MR) is 53.3 cm³/mol. The first-order valence-electron chi connectivity index (χ1n) is 4.33. The Morgan fingerprint density at radius 1 is 1.00 bits per heavy atom. The smallest absolute Gasteiger partial charge is 0.346 e. The highest BCUT2D eigenvalue weighted by molar-refractivity contribution is 8.03. The molecule has 0 saturated heterocycles. The topological polar surface area (TPSA) is 115 Å². The zero-order chi connectivity index (χ0) is 12.3. The molecule has 0 aliphatic heterocycles. The summed E-state index contributed by atoms with van der Waals surface area (Å²) in [5.74, 6) is -3.13. The van der Waals surface area contributed by atoms with E-state index in [-0.39, 0.29) is 24.6 Å². The minimum Gasteiger partial charge on any atom is -0.478 e. The summed E-state index contributed by atoms with van der Waals surface area (Å²) >= 11 is 0.123. The van der Waals surface area contributed by atoms with Gasteiger partial charge in [-0.1, -0.05) is 25.6 Å². The van der Waals surface area contributed by atoms with E-state index in [0.717, 1.165) is 0 Å². The molecule has 0 spiro atoms. The van der Waals surface area contributed by atoms with Gasteiger partial charge in [-0.05, 0) is 12.8 Å². The Kier molecular flexibility index (Phi) is 4.57. The fraction of sp³-hybridized carbons (Fsp3) is 0.750. The molecular weight excluding hydrogens is 224 g/mol. The second kappa shape index (κ2) is 4.82. The van der Waals surface area contributed by atoms with Crippen LogP contribution in [0.25, 0.3) is 0 Å². The average Bonchev–Trinajstić information content (AvgIpc) is 2.16. The molecule has 0 aromatic carbocycles. The molecule has 0 aliphatic carbocycles. The van der Waals surface area contributed by atoms with Crippen molar-refractivity contribution in [3.05, 3.63) is 0 Å². The molecule has 0 aromatic heterocycles. The molecule has 7 heteroatoms. The van der Waals surface area contributed by atoms with Gasteiger partial charge in [-0.15, -0.1) is 0 Å². The van der Waals surface area contributed by atoms with E-state index in [2.05, 4.69) is 0 Å². The van der Waals surface area contributed by atoms with Crippen LogP contribution in [0.3, 0.4) is 0 Å². The summed E-state index contributed by atoms with van der Waals surface area (Å²) in [7, 11) is 0. The molecule has 0 aromatic rings. The van der Waals surface area contributed by atoms with Gasteiger partial charge in [-0.3, -0.25) is 0 Å². The lowest BCUT2D eigenvalue weighted by atomic mass is 10.2. The average molecular weight is 238 g/mol. The van der Waals surface area contributed by atoms with Crippen LogP contribution < -0.4 is 0 Å². The van der Waals surface area contributed by atoms with Crippen molar-refractivity contribution >= 4 is 23.7 Å². The zero-order valence-electron chi connectivity index (χ0n) is 8.43. The molecule has 15 heavy (non-hydrogen) atoms. The van der Waals surface area contributed by atoms with E-state index in [1.54, 1.807) is 0 Å². The summed E-state index contributed by atoms with van der Waals surface area (Å²) in [6.45, 7) is 2.78. The van der Waals surface area contributed by atoms with Gasteiger partial charge in [0.2, 0.25) is 9.87 Å². The van der Waals surface area contributed by atoms with Crippen LogP contribution in [0.4, 0.5) is 0 Å². The molecule has 2 atom stereocenters. The summed E-state index contributed by atoms with van der Waals surface area (Å²) in [6.07, 6.45) is -0.412. The van der Waals surface area contributed by atoms with Gasteiger partial charge >= 0.3 is 11.9 Å². The highest BCUT2D eigenvalue weighted by Gasteiger charge is 2.47. The van der Waals surface area contributed by atoms with Crippen molar-refractivity contribution < 1.29 is 30.0 Å². The molecule has 0 bridgehead atoms. The fourth-order valence-corrected chi connectivity index (χ4v) is 1.84. The normalized spacial score (nSPS) is 18.9. The van der Waals surface area contributed by atoms with Gasteiger partial charge in [0.05, 0.1) is 0 Å². The van der Waals surface area contributed by atoms with Gasteiger partial charge in [-0.2, -0.15) is 0 Å². The van der Waals surface area contributed by atoms with Crippen molar-refractivity contribution in [3.63, 3.8) is 0 Å². The minimum atomic E-state index is -2.29. The van der Waals surface area contributed by atoms with E-state index < -0.39 is 21.8 Å². The first-order chi connectivity index (χ1) is 6.72. The number of hydrogen-bond acceptors (Lipinski definition) is 5. The molecule has 0 rings (SSSR count). The number of hydrogen-bond donors (Lipinski definition) is 4. The van der Waals surface area contributed by atoms with E-state index in [1.807, 2.05) is 0 Å². The van der Waals surface area contributed by atoms with Crippen LogP contribution in [0.15, 0.2) is 0 Å². The van der Waals surface area contributed by atoms with E-state index in [1.165, 1.54) is 13.8 Å². The molecule has 88 valence electrons. The third kappa shape index (κ3) is 3.08. The van der Waals surface area contributed by atoms with Gasteiger partial charge in [0.25, 0.3) is 0 Å². The highest BCUT2D eigenvalue weighted by atomic mass is 32.2. The molecule has 0 saturated carbocycles. The molecule has 0 amide bonds. The van der Waals surface area contributed by atoms with Crippen molar-refractivity contribution in [1.82, 2.24) is 0 Å². The number of carboxylic acids is 2. The second-order valence-corrected chi connectivity index (χ2v) is 4.54. The van der Waals surface area contributed by atoms with Crippen LogP contribution in [-0.4, -0.2) is 42.2 Å². The largest absolute Gasteiger partial charge is 0.478 e. The Hall–Kier alpha value is -0.790. The van der Waals surface area contributed by atoms with Gasteiger partial charge in [-0.25, -0.2) is 9.59 Å². The summed E-state index contributed by atoms with van der Waals surface area (Å²) in [6, 6.07) is 0. The lowest BCUT2D eigenvalue weighted by molar-refractivity contribution is -0.152. The molecule has 0 aliphatic rings. The quantitative estimate of drug-likeness (QED) is 0.484. The number of thioether (sulfide) groups is 1. The van der Waals surface area contributed by atoms with Gasteiger partial charge in [0.1, 0.15) is 0 Å². The molecule has 0 radical (unpaired) electrons. The number of rotatable bonds is 6. The lowest BCUT2D eigenvalue weighted by Gasteiger charge is -2.29. The van der Waals surface area contributed by atoms with Crippen molar-refractivity contribution in [3.8, 4) is 0 Å². The Labute approximate surface area is 90.9 Å². The van der Waals surface area contributed by atoms with Crippen LogP contribution in [0, 0.1) is 0 Å². The summed E-state index contributed by atoms with van der Waals surface area (Å²) in [4.78, 5) is 16.8. The molecule has 0 fully saturated rings. The van der Waals surface area contributed by atoms with Crippen LogP contribution >= 0.6 is 11.8 Å². The maximum atomic E-state index is 10.7. The number of carbonyl (C=O) groups is 2. The Bertz CT molecular complexity index is 242. The summed E-state index contributed by atoms with van der Waals surface area (Å²) in [5.41, 5.74) is 0. The monoisotopic (exact) mass is 238 g/mol. The van der Waals surface area contributed by atoms with Crippen LogP contribution in [0.5, 0.6) is 0 Å². The van der Waals surface area contributed by atoms with Crippen LogP contribution in [0.2, 0.25) is 0 Å². The van der Waals surface area contributed by atoms with E-state index in [4.69, 9.17) is 10.2 Å². The lowest BCUT2D eigenvalue weighted by Crippen LogP contribution is -2.44. The second-order valence-electron chi connectivity index (χ2n) is 2.99. The summed E-state index contributed by atoms with van der Waals surface area (Å²) in [5, 5.41) is 36.5. The van der Waals surface area contributed by atoms with Crippen LogP contribution in [-0.2, 0) is 9.59 Å². The Morgan fingerprint density at radius 2 is 1.27 bits per heavy atom. The molecular formula is C8H14O6S. The molecule has 6 nitrogen and oxygen atoms in total. The van der Waals surface area contributed by atoms with Crippen LogP contribution in [0.1, 0.15) is 26.7 Å². The van der Waals surface area contributed by atoms with Crippen molar-refractivity contribution in [2.24, 2.45) is 0 Å². The van der Waals surface area contributed by atoms with Gasteiger partial charge < -0.3 is 20.4 Å². The van der Waals surface area contributed by atoms with E-state index in [0.29, 0.717) is 0 Å². The van der Waals surface area contributed by atoms with E-state index in [9.17, 15) is 19.8 Å². The van der Waals surface area contributed by atoms with Gasteiger partial charge in [0.15, 0.2) is 0 Å². The van der Waals surface area contributed by atoms with Crippen molar-refractivity contribution in [2.75, 3.05) is 0 Å². The van der Waals surface area contributed by atoms with Gasteiger partial charge in [0, 0.05) is 0 Å². The third-order valence-corrected chi connectivity index (χ3v) is 3.57. The summed E-state index contributed by atoms with van der Waals surface area (Å²) < 4.78 is 0. The van der Waals surface area contributed by atoms with Crippen molar-refractivity contribution in [1.29, 1.82) is 0 Å². The van der Waals surface area contributed by atoms with Crippen molar-refractivity contribution in [2.45, 2.75) is 36.6 Å². The highest BCUT2D eigenvalue weighted by Crippen LogP contribution is 2.38. The predicted octanol–water partition coefficient (Wildman–Crippen LogP) is 0.0860. The Morgan fingerprint density at radius 3 is 1.40 bits per heavy atom. The fourth-order valence-electron chi connectivity index (χ4n) is 0.813. The first-order valence-corrected chi connectivity index (χ1v) is 5.15. The minimum absolute atomic E-state index is 0.123. The number of carboxylic acid groups (broad SMARTS) is 2. The van der Waals surface area contributed by atoms with E-state index >= 15 is 0 Å². The molecule has 0 heterocycles. The standard InChI is InChI=1S/C8H14O6S/c1-3-7(13,5(9)10)15-8(14,4-2)6(11)12/h13-14H,3-4H2,1-2H3,(H,9,10)(H,11,12). The maximum absolute atomic E-state index is 10.7. The zero-order valence-corrected chi connectivity index (χ0v) is 9.24.